The predicted molar refractivity (Wildman–Crippen MR) is 211 cm³/mol. The second kappa shape index (κ2) is 18.3. The van der Waals surface area contributed by atoms with Gasteiger partial charge in [-0.25, -0.2) is 0 Å². The van der Waals surface area contributed by atoms with Crippen LogP contribution in [0.2, 0.25) is 33.4 Å². The number of ether oxygens (including phenoxy) is 5. The molecule has 0 heterocycles. The number of ketones is 1. The number of hydrogen-bond acceptors (Lipinski definition) is 7. The molecular weight excluding hydrogens is 751 g/mol. The van der Waals surface area contributed by atoms with Crippen molar-refractivity contribution in [3.05, 3.63) is 35.6 Å². The number of carbonyl (C=O) groups is 1. The number of benzene rings is 1. The van der Waals surface area contributed by atoms with Crippen LogP contribution in [0.3, 0.4) is 0 Å². The molecule has 1 aromatic carbocycles. The van der Waals surface area contributed by atoms with Crippen LogP contribution >= 0.6 is 0 Å². The van der Waals surface area contributed by atoms with Gasteiger partial charge >= 0.3 is 312 Å². The van der Waals surface area contributed by atoms with Gasteiger partial charge in [-0.3, -0.25) is 0 Å². The van der Waals surface area contributed by atoms with E-state index < -0.39 is 41.8 Å². The number of allylic oxidation sites excluding steroid dienone is 1. The van der Waals surface area contributed by atoms with Crippen molar-refractivity contribution in [3.63, 3.8) is 0 Å². The van der Waals surface area contributed by atoms with Crippen molar-refractivity contribution in [2.45, 2.75) is 158 Å². The Bertz CT molecular complexity index is 1230. The summed E-state index contributed by atoms with van der Waals surface area (Å²) in [7, 11) is 6.13. The number of rotatable bonds is 21. The summed E-state index contributed by atoms with van der Waals surface area (Å²) in [4.78, 5) is 15.6. The van der Waals surface area contributed by atoms with Crippen LogP contribution in [0.4, 0.5) is 0 Å². The third kappa shape index (κ3) is 7.24. The molecule has 0 aromatic heterocycles. The first-order valence-corrected chi connectivity index (χ1v) is 29.2. The van der Waals surface area contributed by atoms with Gasteiger partial charge in [-0.1, -0.05) is 0 Å². The Labute approximate surface area is 310 Å². The van der Waals surface area contributed by atoms with Crippen molar-refractivity contribution in [2.75, 3.05) is 35.5 Å². The van der Waals surface area contributed by atoms with Crippen LogP contribution in [-0.2, 0) is 23.4 Å². The first-order chi connectivity index (χ1) is 23.8. The molecule has 0 aliphatic heterocycles. The fraction of sp³-hybridized carbons (Fsp3) is 0.780. The van der Waals surface area contributed by atoms with Crippen molar-refractivity contribution in [1.82, 2.24) is 0 Å². The molecule has 4 atom stereocenters. The van der Waals surface area contributed by atoms with E-state index in [2.05, 4.69) is 74.4 Å². The molecule has 0 N–H and O–H groups in total. The zero-order valence-corrected chi connectivity index (χ0v) is 38.1. The molecule has 1 fully saturated rings. The molecule has 0 saturated heterocycles. The molecule has 2 aliphatic carbocycles. The summed E-state index contributed by atoms with van der Waals surface area (Å²) >= 11 is -3.67. The number of methoxy groups -OCH3 is 5. The molecule has 9 heteroatoms. The van der Waals surface area contributed by atoms with Crippen molar-refractivity contribution >= 4 is 32.5 Å². The first-order valence-electron chi connectivity index (χ1n) is 19.6. The minimum absolute atomic E-state index is 0.152. The summed E-state index contributed by atoms with van der Waals surface area (Å²) in [5.41, 5.74) is 2.19. The summed E-state index contributed by atoms with van der Waals surface area (Å²) in [5, 5.41) is 0. The molecule has 2 aliphatic rings. The summed E-state index contributed by atoms with van der Waals surface area (Å²) < 4.78 is 42.3. The number of hydrogen-bond donors (Lipinski definition) is 0. The molecule has 50 heavy (non-hydrogen) atoms. The van der Waals surface area contributed by atoms with E-state index in [-0.39, 0.29) is 17.8 Å². The van der Waals surface area contributed by atoms with Crippen LogP contribution in [0.25, 0.3) is 0 Å². The standard InChI is InChI=1S/C29H45O7Si.3C4H9.Sn/c1-17(2)37(18(3)4,19(5)6)36-25-15-21-22(30)16-26(33-9)28(29(21,34-10)35-11)27(25)20-12-13-23(31-7)24(14-20)32-8;3*1-3-4-2;/h12-14,16-19,25,27-28H,15H2,1-11H3;3*1,3-4H2,2H3;/t25-,27+,28-;;;;/m0..../s1. The van der Waals surface area contributed by atoms with Gasteiger partial charge in [0.15, 0.2) is 0 Å². The Morgan fingerprint density at radius 3 is 1.66 bits per heavy atom. The van der Waals surface area contributed by atoms with Crippen LogP contribution < -0.4 is 9.47 Å². The van der Waals surface area contributed by atoms with Crippen LogP contribution in [-0.4, -0.2) is 79.9 Å². The zero-order chi connectivity index (χ0) is 37.5. The third-order valence-corrected chi connectivity index (χ3v) is 37.7. The Morgan fingerprint density at radius 1 is 0.760 bits per heavy atom. The molecule has 286 valence electrons. The zero-order valence-electron chi connectivity index (χ0n) is 34.2. The molecule has 0 radical (unpaired) electrons. The topological polar surface area (TPSA) is 72.5 Å². The normalized spacial score (nSPS) is 23.8. The first kappa shape index (κ1) is 43.3. The fourth-order valence-corrected chi connectivity index (χ4v) is 37.6. The molecule has 2 bridgehead atoms. The minimum atomic E-state index is -3.67. The van der Waals surface area contributed by atoms with Gasteiger partial charge in [-0.2, -0.15) is 0 Å². The second-order valence-corrected chi connectivity index (χ2v) is 35.4. The summed E-state index contributed by atoms with van der Waals surface area (Å²) in [5.74, 6) is 0.278. The van der Waals surface area contributed by atoms with E-state index in [1.165, 1.54) is 0 Å². The molecule has 1 aromatic rings. The summed E-state index contributed by atoms with van der Waals surface area (Å²) in [6.45, 7) is 21.0. The Balaban J connectivity index is 2.60. The van der Waals surface area contributed by atoms with Crippen LogP contribution in [0, 0.1) is 5.92 Å². The van der Waals surface area contributed by atoms with E-state index >= 15 is 4.79 Å². The van der Waals surface area contributed by atoms with E-state index in [4.69, 9.17) is 28.1 Å². The van der Waals surface area contributed by atoms with Crippen molar-refractivity contribution in [3.8, 4) is 11.5 Å². The van der Waals surface area contributed by atoms with Crippen LogP contribution in [0.1, 0.15) is 119 Å². The fourth-order valence-electron chi connectivity index (χ4n) is 10.8. The van der Waals surface area contributed by atoms with Gasteiger partial charge in [-0.15, -0.1) is 0 Å². The predicted octanol–water partition coefficient (Wildman–Crippen LogP) is 11.1. The summed E-state index contributed by atoms with van der Waals surface area (Å²) in [6.07, 6.45) is 8.91. The van der Waals surface area contributed by atoms with Crippen molar-refractivity contribution in [2.24, 2.45) is 5.92 Å². The third-order valence-electron chi connectivity index (χ3n) is 12.9. The van der Waals surface area contributed by atoms with Gasteiger partial charge in [0.25, 0.3) is 0 Å². The molecule has 0 amide bonds. The average Bonchev–Trinajstić information content (AvgIpc) is 3.10. The average molecular weight is 824 g/mol. The van der Waals surface area contributed by atoms with E-state index in [0.717, 1.165) is 57.4 Å². The van der Waals surface area contributed by atoms with Gasteiger partial charge in [-0.05, 0) is 0 Å². The van der Waals surface area contributed by atoms with Gasteiger partial charge in [0.05, 0.1) is 0 Å². The van der Waals surface area contributed by atoms with Crippen LogP contribution in [0.5, 0.6) is 11.5 Å². The molecule has 1 saturated carbocycles. The number of unbranched alkanes of at least 4 members (excludes halogenated alkanes) is 3. The number of carbonyl (C=O) groups excluding carboxylic acids is 1. The second-order valence-electron chi connectivity index (χ2n) is 16.0. The quantitative estimate of drug-likeness (QED) is 0.0903. The molecular formula is C41H72O7SiSn. The van der Waals surface area contributed by atoms with Crippen molar-refractivity contribution < 1.29 is 32.9 Å². The Hall–Kier alpha value is -1.07. The van der Waals surface area contributed by atoms with E-state index in [1.54, 1.807) is 35.5 Å². The maximum atomic E-state index is 15.6. The van der Waals surface area contributed by atoms with Gasteiger partial charge in [0, 0.05) is 0 Å². The summed E-state index contributed by atoms with van der Waals surface area (Å²) in [6, 6.07) is 6.22. The molecule has 0 spiro atoms. The van der Waals surface area contributed by atoms with Gasteiger partial charge in [0.1, 0.15) is 0 Å². The Morgan fingerprint density at radius 2 is 1.26 bits per heavy atom. The molecule has 7 nitrogen and oxygen atoms in total. The SMILES string of the molecule is CCC[CH2][Sn]([CH2]CCC)([CH2]CCC)[C@]12C[C@H](O[Si](C(C)C)(C(C)C)C(C)C)[C@@H](c3ccc(OC)c(OC)c3)[C@H](C(OC)=CC1=O)C2(OC)OC. The van der Waals surface area contributed by atoms with E-state index in [0.29, 0.717) is 40.3 Å². The number of fused-ring (bicyclic) bond motifs is 2. The maximum absolute atomic E-state index is 15.6. The van der Waals surface area contributed by atoms with Crippen molar-refractivity contribution in [1.29, 1.82) is 0 Å². The Kier molecular flexibility index (Phi) is 15.9. The van der Waals surface area contributed by atoms with Gasteiger partial charge < -0.3 is 0 Å². The van der Waals surface area contributed by atoms with Crippen LogP contribution in [0.15, 0.2) is 30.0 Å². The molecule has 0 unspecified atom stereocenters. The van der Waals surface area contributed by atoms with E-state index in [1.807, 2.05) is 12.1 Å². The molecule has 3 rings (SSSR count). The van der Waals surface area contributed by atoms with E-state index in [9.17, 15) is 0 Å². The monoisotopic (exact) mass is 824 g/mol. The van der Waals surface area contributed by atoms with Gasteiger partial charge in [0.2, 0.25) is 0 Å².